The maximum Gasteiger partial charge on any atom is 0.244 e. The third kappa shape index (κ3) is 3.48. The van der Waals surface area contributed by atoms with Crippen molar-refractivity contribution >= 4 is 17.0 Å². The molecule has 0 aliphatic carbocycles. The van der Waals surface area contributed by atoms with Gasteiger partial charge in [-0.15, -0.1) is 11.3 Å². The predicted octanol–water partition coefficient (Wildman–Crippen LogP) is 2.80. The van der Waals surface area contributed by atoms with Crippen molar-refractivity contribution in [2.45, 2.75) is 25.1 Å². The van der Waals surface area contributed by atoms with Gasteiger partial charge in [-0.2, -0.15) is 4.98 Å². The highest BCUT2D eigenvalue weighted by atomic mass is 32.1. The van der Waals surface area contributed by atoms with Crippen LogP contribution in [-0.2, 0) is 6.54 Å². The highest BCUT2D eigenvalue weighted by Crippen LogP contribution is 2.34. The van der Waals surface area contributed by atoms with E-state index in [0.717, 1.165) is 0 Å². The molecule has 0 spiro atoms. The lowest BCUT2D eigenvalue weighted by atomic mass is 10.2. The Hall–Kier alpha value is -2.30. The lowest BCUT2D eigenvalue weighted by Crippen LogP contribution is -2.24. The van der Waals surface area contributed by atoms with Gasteiger partial charge in [0.25, 0.3) is 0 Å². The number of anilines is 1. The van der Waals surface area contributed by atoms with E-state index in [2.05, 4.69) is 21.1 Å². The third-order valence-electron chi connectivity index (χ3n) is 4.37. The Morgan fingerprint density at radius 2 is 2.23 bits per heavy atom. The van der Waals surface area contributed by atoms with E-state index in [1.807, 2.05) is 11.4 Å². The fraction of sp³-hybridized carbons (Fsp3) is 0.294. The van der Waals surface area contributed by atoms with Gasteiger partial charge in [0, 0.05) is 23.5 Å². The van der Waals surface area contributed by atoms with E-state index in [0.29, 0.717) is 36.8 Å². The van der Waals surface area contributed by atoms with Gasteiger partial charge in [0.2, 0.25) is 11.7 Å². The molecule has 2 atom stereocenters. The normalized spacial score (nSPS) is 20.6. The van der Waals surface area contributed by atoms with E-state index in [1.54, 1.807) is 23.5 Å². The Morgan fingerprint density at radius 3 is 3.00 bits per heavy atom. The summed E-state index contributed by atoms with van der Waals surface area (Å²) in [4.78, 5) is 7.77. The maximum atomic E-state index is 11.0. The van der Waals surface area contributed by atoms with Crippen LogP contribution in [0.25, 0.3) is 11.4 Å². The largest absolute Gasteiger partial charge is 0.733 e. The van der Waals surface area contributed by atoms with Crippen molar-refractivity contribution in [3.63, 3.8) is 0 Å². The Balaban J connectivity index is 1.57. The second-order valence-corrected chi connectivity index (χ2v) is 7.23. The number of hydrogen-bond acceptors (Lipinski definition) is 9. The first-order chi connectivity index (χ1) is 12.6. The highest BCUT2D eigenvalue weighted by Gasteiger charge is 2.36. The van der Waals surface area contributed by atoms with Gasteiger partial charge < -0.3 is 20.1 Å². The molecule has 1 aliphatic rings. The van der Waals surface area contributed by atoms with Gasteiger partial charge in [-0.25, -0.2) is 0 Å². The van der Waals surface area contributed by atoms with Crippen LogP contribution in [0.2, 0.25) is 0 Å². The molecule has 0 radical (unpaired) electrons. The molecule has 1 aromatic carbocycles. The lowest BCUT2D eigenvalue weighted by Gasteiger charge is -2.21. The number of aromatic nitrogens is 2. The fourth-order valence-corrected chi connectivity index (χ4v) is 3.89. The standard InChI is InChI=1S/C17H17N4O4S/c22-13-8-15(20(9-13)10-14-5-2-6-26-14)17-18-16(19-25-17)11-3-1-4-12(7-11)21(23)24/h1-7,13,15,22-23H,8-10H2/q-1/t13-,15-/m1/s1. The molecule has 26 heavy (non-hydrogen) atoms. The Kier molecular flexibility index (Phi) is 4.70. The molecule has 1 fully saturated rings. The molecule has 1 aliphatic heterocycles. The Bertz CT molecular complexity index is 867. The van der Waals surface area contributed by atoms with Gasteiger partial charge in [-0.05, 0) is 30.0 Å². The summed E-state index contributed by atoms with van der Waals surface area (Å²) in [5.41, 5.74) is 0.653. The minimum Gasteiger partial charge on any atom is -0.733 e. The molecule has 3 aromatic rings. The average Bonchev–Trinajstić information content (AvgIpc) is 3.36. The van der Waals surface area contributed by atoms with E-state index in [1.165, 1.54) is 17.0 Å². The molecular weight excluding hydrogens is 356 g/mol. The zero-order valence-corrected chi connectivity index (χ0v) is 14.5. The molecule has 136 valence electrons. The molecular formula is C17H17N4O4S-. The van der Waals surface area contributed by atoms with Crippen LogP contribution in [0.3, 0.4) is 0 Å². The summed E-state index contributed by atoms with van der Waals surface area (Å²) in [5.74, 6) is 0.766. The monoisotopic (exact) mass is 373 g/mol. The summed E-state index contributed by atoms with van der Waals surface area (Å²) < 4.78 is 5.44. The molecule has 2 aromatic heterocycles. The van der Waals surface area contributed by atoms with Crippen LogP contribution < -0.4 is 5.23 Å². The zero-order valence-electron chi connectivity index (χ0n) is 13.7. The second-order valence-electron chi connectivity index (χ2n) is 6.19. The summed E-state index contributed by atoms with van der Waals surface area (Å²) in [6.07, 6.45) is 0.0833. The average molecular weight is 373 g/mol. The number of aliphatic hydroxyl groups excluding tert-OH is 1. The molecule has 9 heteroatoms. The molecule has 3 heterocycles. The second kappa shape index (κ2) is 7.14. The Labute approximate surface area is 153 Å². The highest BCUT2D eigenvalue weighted by molar-refractivity contribution is 7.09. The van der Waals surface area contributed by atoms with Crippen LogP contribution >= 0.6 is 11.3 Å². The van der Waals surface area contributed by atoms with Crippen LogP contribution in [0, 0.1) is 5.21 Å². The van der Waals surface area contributed by atoms with Crippen molar-refractivity contribution in [3.8, 4) is 11.4 Å². The molecule has 4 rings (SSSR count). The van der Waals surface area contributed by atoms with Gasteiger partial charge in [-0.3, -0.25) is 10.1 Å². The number of β-amino-alcohol motifs (C(OH)–C–C–N with tert-alkyl or cyclic N) is 1. The summed E-state index contributed by atoms with van der Waals surface area (Å²) >= 11 is 1.67. The molecule has 0 amide bonds. The summed E-state index contributed by atoms with van der Waals surface area (Å²) in [6.45, 7) is 1.26. The number of nitrogens with zero attached hydrogens (tertiary/aromatic N) is 4. The van der Waals surface area contributed by atoms with Crippen LogP contribution in [-0.4, -0.2) is 38.0 Å². The van der Waals surface area contributed by atoms with Gasteiger partial charge >= 0.3 is 0 Å². The summed E-state index contributed by atoms with van der Waals surface area (Å²) in [5, 5.41) is 36.0. The van der Waals surface area contributed by atoms with Gasteiger partial charge in [-0.1, -0.05) is 23.4 Å². The Morgan fingerprint density at radius 1 is 1.35 bits per heavy atom. The van der Waals surface area contributed by atoms with E-state index in [-0.39, 0.29) is 17.0 Å². The van der Waals surface area contributed by atoms with E-state index < -0.39 is 6.10 Å². The molecule has 0 saturated carbocycles. The van der Waals surface area contributed by atoms with Crippen molar-refractivity contribution < 1.29 is 14.8 Å². The van der Waals surface area contributed by atoms with E-state index in [4.69, 9.17) is 9.73 Å². The lowest BCUT2D eigenvalue weighted by molar-refractivity contribution is 0.170. The number of rotatable bonds is 5. The SMILES string of the molecule is [O-]N(O)c1cccc(-c2noc([C@H]3C[C@@H](O)CN3Cc3cccs3)n2)c1. The molecule has 2 N–H and O–H groups in total. The first-order valence-corrected chi connectivity index (χ1v) is 9.03. The van der Waals surface area contributed by atoms with Crippen molar-refractivity contribution in [1.29, 1.82) is 0 Å². The molecule has 0 bridgehead atoms. The summed E-state index contributed by atoms with van der Waals surface area (Å²) in [7, 11) is 0. The van der Waals surface area contributed by atoms with Crippen LogP contribution in [0.5, 0.6) is 0 Å². The van der Waals surface area contributed by atoms with E-state index in [9.17, 15) is 10.3 Å². The predicted molar refractivity (Wildman–Crippen MR) is 95.5 cm³/mol. The van der Waals surface area contributed by atoms with Gasteiger partial charge in [0.15, 0.2) is 0 Å². The van der Waals surface area contributed by atoms with Gasteiger partial charge in [0.1, 0.15) is 0 Å². The number of hydrogen-bond donors (Lipinski definition) is 2. The van der Waals surface area contributed by atoms with E-state index >= 15 is 0 Å². The maximum absolute atomic E-state index is 11.0. The third-order valence-corrected chi connectivity index (χ3v) is 5.23. The van der Waals surface area contributed by atoms with Gasteiger partial charge in [0.05, 0.1) is 17.8 Å². The topological polar surface area (TPSA) is 109 Å². The fourth-order valence-electron chi connectivity index (χ4n) is 3.17. The summed E-state index contributed by atoms with van der Waals surface area (Å²) in [6, 6.07) is 10.2. The molecule has 0 unspecified atom stereocenters. The molecule has 1 saturated heterocycles. The smallest absolute Gasteiger partial charge is 0.244 e. The number of thiophene rings is 1. The van der Waals surface area contributed by atoms with Crippen molar-refractivity contribution in [3.05, 3.63) is 57.8 Å². The first-order valence-electron chi connectivity index (χ1n) is 8.15. The van der Waals surface area contributed by atoms with Crippen molar-refractivity contribution in [1.82, 2.24) is 15.0 Å². The zero-order chi connectivity index (χ0) is 18.1. The number of likely N-dealkylation sites (tertiary alicyclic amines) is 1. The number of benzene rings is 1. The number of aliphatic hydroxyl groups is 1. The van der Waals surface area contributed by atoms with Crippen LogP contribution in [0.15, 0.2) is 46.3 Å². The van der Waals surface area contributed by atoms with Crippen LogP contribution in [0.1, 0.15) is 23.2 Å². The minimum absolute atomic E-state index is 0.0875. The van der Waals surface area contributed by atoms with Crippen molar-refractivity contribution in [2.24, 2.45) is 0 Å². The first kappa shape index (κ1) is 17.1. The quantitative estimate of drug-likeness (QED) is 0.657. The van der Waals surface area contributed by atoms with Crippen molar-refractivity contribution in [2.75, 3.05) is 11.8 Å². The minimum atomic E-state index is -0.443. The molecule has 8 nitrogen and oxygen atoms in total. The van der Waals surface area contributed by atoms with Crippen LogP contribution in [0.4, 0.5) is 5.69 Å².